The molecule has 1 unspecified atom stereocenters. The van der Waals surface area contributed by atoms with Crippen LogP contribution in [0.5, 0.6) is 5.75 Å². The van der Waals surface area contributed by atoms with Crippen LogP contribution in [0.15, 0.2) is 77.9 Å². The average molecular weight is 381 g/mol. The fourth-order valence-electron chi connectivity index (χ4n) is 3.26. The highest BCUT2D eigenvalue weighted by Gasteiger charge is 2.30. The summed E-state index contributed by atoms with van der Waals surface area (Å²) in [7, 11) is 1.65. The Bertz CT molecular complexity index is 970. The molecule has 0 spiro atoms. The van der Waals surface area contributed by atoms with Crippen LogP contribution in [0.2, 0.25) is 5.02 Å². The molecule has 3 nitrogen and oxygen atoms in total. The summed E-state index contributed by atoms with van der Waals surface area (Å²) in [5.41, 5.74) is 3.91. The molecule has 0 saturated carbocycles. The number of nitrogens with zero attached hydrogens (tertiary/aromatic N) is 2. The van der Waals surface area contributed by atoms with E-state index in [1.165, 1.54) is 12.1 Å². The van der Waals surface area contributed by atoms with E-state index in [1.54, 1.807) is 19.2 Å². The van der Waals surface area contributed by atoms with Crippen molar-refractivity contribution in [3.63, 3.8) is 0 Å². The first-order valence-electron chi connectivity index (χ1n) is 8.66. The molecule has 1 heterocycles. The molecule has 4 rings (SSSR count). The van der Waals surface area contributed by atoms with Gasteiger partial charge < -0.3 is 4.74 Å². The minimum atomic E-state index is -0.266. The summed E-state index contributed by atoms with van der Waals surface area (Å²) in [6.07, 6.45) is 0.728. The fraction of sp³-hybridized carbons (Fsp3) is 0.136. The summed E-state index contributed by atoms with van der Waals surface area (Å²) in [6, 6.07) is 22.0. The Morgan fingerprint density at radius 2 is 1.78 bits per heavy atom. The van der Waals surface area contributed by atoms with Crippen molar-refractivity contribution in [1.29, 1.82) is 0 Å². The molecule has 1 aliphatic heterocycles. The van der Waals surface area contributed by atoms with Crippen molar-refractivity contribution in [3.05, 3.63) is 94.8 Å². The molecule has 27 heavy (non-hydrogen) atoms. The highest BCUT2D eigenvalue weighted by molar-refractivity contribution is 6.30. The van der Waals surface area contributed by atoms with Gasteiger partial charge in [-0.25, -0.2) is 4.39 Å². The van der Waals surface area contributed by atoms with Crippen molar-refractivity contribution in [1.82, 2.24) is 0 Å². The zero-order valence-corrected chi connectivity index (χ0v) is 15.5. The molecule has 0 radical (unpaired) electrons. The lowest BCUT2D eigenvalue weighted by Crippen LogP contribution is -2.18. The van der Waals surface area contributed by atoms with Crippen LogP contribution in [-0.4, -0.2) is 12.8 Å². The molecule has 0 aliphatic carbocycles. The second kappa shape index (κ2) is 7.41. The van der Waals surface area contributed by atoms with E-state index < -0.39 is 0 Å². The van der Waals surface area contributed by atoms with Crippen LogP contribution < -0.4 is 9.75 Å². The molecule has 3 aromatic carbocycles. The average Bonchev–Trinajstić information content (AvgIpc) is 3.14. The molecule has 0 amide bonds. The summed E-state index contributed by atoms with van der Waals surface area (Å²) in [4.78, 5) is 0. The van der Waals surface area contributed by atoms with E-state index in [0.29, 0.717) is 5.02 Å². The van der Waals surface area contributed by atoms with Crippen LogP contribution in [-0.2, 0) is 0 Å². The Balaban J connectivity index is 1.74. The topological polar surface area (TPSA) is 24.8 Å². The van der Waals surface area contributed by atoms with Crippen molar-refractivity contribution in [3.8, 4) is 5.75 Å². The summed E-state index contributed by atoms with van der Waals surface area (Å²) in [5, 5.41) is 7.49. The molecule has 3 aromatic rings. The minimum absolute atomic E-state index is 0.00827. The lowest BCUT2D eigenvalue weighted by molar-refractivity contribution is 0.414. The third-order valence-electron chi connectivity index (χ3n) is 4.66. The number of hydrogen-bond donors (Lipinski definition) is 0. The zero-order valence-electron chi connectivity index (χ0n) is 14.8. The number of anilines is 1. The summed E-state index contributed by atoms with van der Waals surface area (Å²) < 4.78 is 18.7. The van der Waals surface area contributed by atoms with E-state index in [1.807, 2.05) is 53.5 Å². The Kier molecular flexibility index (Phi) is 4.82. The highest BCUT2D eigenvalue weighted by Crippen LogP contribution is 2.37. The molecule has 1 aliphatic rings. The van der Waals surface area contributed by atoms with Crippen LogP contribution in [0.4, 0.5) is 10.1 Å². The van der Waals surface area contributed by atoms with Gasteiger partial charge in [-0.15, -0.1) is 0 Å². The molecule has 136 valence electrons. The second-order valence-electron chi connectivity index (χ2n) is 6.37. The molecular formula is C22H18ClFN2O. The van der Waals surface area contributed by atoms with Gasteiger partial charge in [0.1, 0.15) is 11.6 Å². The summed E-state index contributed by atoms with van der Waals surface area (Å²) in [6.45, 7) is 0. The van der Waals surface area contributed by atoms with Crippen LogP contribution in [0.25, 0.3) is 0 Å². The monoisotopic (exact) mass is 380 g/mol. The first kappa shape index (κ1) is 17.6. The van der Waals surface area contributed by atoms with E-state index >= 15 is 0 Å². The van der Waals surface area contributed by atoms with Crippen LogP contribution in [0, 0.1) is 5.82 Å². The number of hydrazone groups is 1. The number of halogens is 2. The summed E-state index contributed by atoms with van der Waals surface area (Å²) in [5.74, 6) is 0.525. The van der Waals surface area contributed by atoms with Gasteiger partial charge in [0.2, 0.25) is 0 Å². The minimum Gasteiger partial charge on any atom is -0.497 e. The number of methoxy groups -OCH3 is 1. The maximum atomic E-state index is 13.4. The maximum absolute atomic E-state index is 13.4. The van der Waals surface area contributed by atoms with Gasteiger partial charge in [-0.3, -0.25) is 5.01 Å². The third-order valence-corrected chi connectivity index (χ3v) is 4.91. The van der Waals surface area contributed by atoms with Gasteiger partial charge in [0.15, 0.2) is 0 Å². The van der Waals surface area contributed by atoms with Crippen molar-refractivity contribution < 1.29 is 9.13 Å². The number of hydrogen-bond acceptors (Lipinski definition) is 3. The molecule has 0 bridgehead atoms. The molecular weight excluding hydrogens is 363 g/mol. The lowest BCUT2D eigenvalue weighted by atomic mass is 9.98. The van der Waals surface area contributed by atoms with Gasteiger partial charge in [0.25, 0.3) is 0 Å². The van der Waals surface area contributed by atoms with Crippen molar-refractivity contribution >= 4 is 23.0 Å². The van der Waals surface area contributed by atoms with Gasteiger partial charge >= 0.3 is 0 Å². The Morgan fingerprint density at radius 1 is 1.04 bits per heavy atom. The van der Waals surface area contributed by atoms with E-state index in [-0.39, 0.29) is 11.9 Å². The van der Waals surface area contributed by atoms with Gasteiger partial charge in [-0.05, 0) is 54.1 Å². The number of ether oxygens (including phenoxy) is 1. The summed E-state index contributed by atoms with van der Waals surface area (Å²) >= 11 is 6.05. The molecule has 0 saturated heterocycles. The molecule has 1 atom stereocenters. The smallest absolute Gasteiger partial charge is 0.123 e. The Hall–Kier alpha value is -2.85. The largest absolute Gasteiger partial charge is 0.497 e. The second-order valence-corrected chi connectivity index (χ2v) is 6.81. The van der Waals surface area contributed by atoms with E-state index in [4.69, 9.17) is 21.4 Å². The predicted molar refractivity (Wildman–Crippen MR) is 107 cm³/mol. The Labute approximate surface area is 162 Å². The quantitative estimate of drug-likeness (QED) is 0.567. The molecule has 0 aromatic heterocycles. The first-order chi connectivity index (χ1) is 13.1. The van der Waals surface area contributed by atoms with Crippen LogP contribution in [0.3, 0.4) is 0 Å². The van der Waals surface area contributed by atoms with Crippen LogP contribution in [0.1, 0.15) is 23.6 Å². The van der Waals surface area contributed by atoms with E-state index in [9.17, 15) is 4.39 Å². The SMILES string of the molecule is COc1cccc(C2=NN(c3ccc(F)cc3)C(c3ccc(Cl)cc3)C2)c1. The van der Waals surface area contributed by atoms with Gasteiger partial charge in [0.05, 0.1) is 24.6 Å². The van der Waals surface area contributed by atoms with Gasteiger partial charge in [0, 0.05) is 17.0 Å². The number of benzene rings is 3. The van der Waals surface area contributed by atoms with Crippen LogP contribution >= 0.6 is 11.6 Å². The normalized spacial score (nSPS) is 16.3. The van der Waals surface area contributed by atoms with E-state index in [2.05, 4.69) is 0 Å². The zero-order chi connectivity index (χ0) is 18.8. The molecule has 0 N–H and O–H groups in total. The van der Waals surface area contributed by atoms with Gasteiger partial charge in [-0.1, -0.05) is 35.9 Å². The highest BCUT2D eigenvalue weighted by atomic mass is 35.5. The first-order valence-corrected chi connectivity index (χ1v) is 9.04. The Morgan fingerprint density at radius 3 is 2.48 bits per heavy atom. The van der Waals surface area contributed by atoms with Gasteiger partial charge in [-0.2, -0.15) is 5.10 Å². The fourth-order valence-corrected chi connectivity index (χ4v) is 3.39. The molecule has 5 heteroatoms. The molecule has 0 fully saturated rings. The van der Waals surface area contributed by atoms with Crippen molar-refractivity contribution in [2.45, 2.75) is 12.5 Å². The van der Waals surface area contributed by atoms with Crippen molar-refractivity contribution in [2.75, 3.05) is 12.1 Å². The third kappa shape index (κ3) is 3.67. The standard InChI is InChI=1S/C22H18ClFN2O/c1-27-20-4-2-3-16(13-20)21-14-22(15-5-7-17(23)8-6-15)26(25-21)19-11-9-18(24)10-12-19/h2-13,22H,14H2,1H3. The number of rotatable bonds is 4. The maximum Gasteiger partial charge on any atom is 0.123 e. The lowest BCUT2D eigenvalue weighted by Gasteiger charge is -2.24. The van der Waals surface area contributed by atoms with E-state index in [0.717, 1.165) is 34.7 Å². The van der Waals surface area contributed by atoms with Crippen molar-refractivity contribution in [2.24, 2.45) is 5.10 Å². The predicted octanol–water partition coefficient (Wildman–Crippen LogP) is 5.84.